The Morgan fingerprint density at radius 2 is 1.79 bits per heavy atom. The number of hydrogen-bond donors (Lipinski definition) is 1. The van der Waals surface area contributed by atoms with Gasteiger partial charge in [0.1, 0.15) is 12.1 Å². The van der Waals surface area contributed by atoms with Crippen molar-refractivity contribution >= 4 is 26.9 Å². The van der Waals surface area contributed by atoms with Crippen molar-refractivity contribution in [3.05, 3.63) is 18.5 Å². The molecule has 1 N–H and O–H groups in total. The highest BCUT2D eigenvalue weighted by Gasteiger charge is 2.23. The molecule has 0 amide bonds. The van der Waals surface area contributed by atoms with Gasteiger partial charge in [-0.05, 0) is 31.2 Å². The molecule has 29 heavy (non-hydrogen) atoms. The van der Waals surface area contributed by atoms with Crippen LogP contribution in [0.15, 0.2) is 18.5 Å². The van der Waals surface area contributed by atoms with Crippen molar-refractivity contribution in [1.82, 2.24) is 19.0 Å². The molecule has 0 saturated carbocycles. The van der Waals surface area contributed by atoms with Crippen molar-refractivity contribution in [3.8, 4) is 11.5 Å². The van der Waals surface area contributed by atoms with Crippen LogP contribution in [0.5, 0.6) is 11.5 Å². The van der Waals surface area contributed by atoms with Gasteiger partial charge in [0.25, 0.3) is 10.2 Å². The number of aromatic nitrogens is 2. The number of nitrogens with one attached hydrogen (secondary N) is 1. The van der Waals surface area contributed by atoms with Crippen molar-refractivity contribution in [2.24, 2.45) is 5.92 Å². The molecule has 1 aliphatic rings. The summed E-state index contributed by atoms with van der Waals surface area (Å²) in [6, 6.07) is 3.79. The lowest BCUT2D eigenvalue weighted by atomic mass is 9.93. The smallest absolute Gasteiger partial charge is 0.278 e. The second-order valence-corrected chi connectivity index (χ2v) is 9.29. The van der Waals surface area contributed by atoms with E-state index in [9.17, 15) is 8.42 Å². The van der Waals surface area contributed by atoms with E-state index in [4.69, 9.17) is 9.47 Å². The lowest BCUT2D eigenvalue weighted by Crippen LogP contribution is -2.38. The van der Waals surface area contributed by atoms with Crippen LogP contribution < -0.4 is 19.1 Å². The van der Waals surface area contributed by atoms with E-state index in [1.54, 1.807) is 20.5 Å². The topological polar surface area (TPSA) is 96.9 Å². The minimum atomic E-state index is -3.36. The summed E-state index contributed by atoms with van der Waals surface area (Å²) < 4.78 is 38.2. The molecule has 0 atom stereocenters. The molecule has 1 aromatic heterocycles. The number of piperidine rings is 1. The monoisotopic (exact) mass is 423 g/mol. The quantitative estimate of drug-likeness (QED) is 0.689. The van der Waals surface area contributed by atoms with Gasteiger partial charge in [-0.15, -0.1) is 0 Å². The zero-order chi connectivity index (χ0) is 21.0. The van der Waals surface area contributed by atoms with E-state index < -0.39 is 10.2 Å². The second kappa shape index (κ2) is 9.10. The largest absolute Gasteiger partial charge is 0.493 e. The lowest BCUT2D eigenvalue weighted by Gasteiger charge is -2.33. The molecule has 1 aliphatic heterocycles. The first-order valence-corrected chi connectivity index (χ1v) is 11.1. The van der Waals surface area contributed by atoms with Crippen LogP contribution in [0.3, 0.4) is 0 Å². The van der Waals surface area contributed by atoms with Gasteiger partial charge in [-0.25, -0.2) is 14.7 Å². The second-order valence-electron chi connectivity index (χ2n) is 7.32. The SMILES string of the molecule is COc1cc2ncnc(N3CCC(CCNS(=O)(=O)N(C)C)CC3)c2cc1OC. The van der Waals surface area contributed by atoms with Crippen molar-refractivity contribution in [2.75, 3.05) is 52.8 Å². The first kappa shape index (κ1) is 21.5. The number of fused-ring (bicyclic) bond motifs is 1. The van der Waals surface area contributed by atoms with Crippen LogP contribution in [-0.4, -0.2) is 70.6 Å². The number of nitrogens with zero attached hydrogens (tertiary/aromatic N) is 4. The van der Waals surface area contributed by atoms with E-state index in [0.717, 1.165) is 49.1 Å². The molecule has 1 saturated heterocycles. The number of hydrogen-bond acceptors (Lipinski definition) is 7. The average Bonchev–Trinajstić information content (AvgIpc) is 2.72. The highest BCUT2D eigenvalue weighted by molar-refractivity contribution is 7.87. The Hall–Kier alpha value is -2.17. The summed E-state index contributed by atoms with van der Waals surface area (Å²) >= 11 is 0. The third-order valence-electron chi connectivity index (χ3n) is 5.35. The third kappa shape index (κ3) is 4.88. The van der Waals surface area contributed by atoms with Crippen LogP contribution >= 0.6 is 0 Å². The predicted octanol–water partition coefficient (Wildman–Crippen LogP) is 1.65. The van der Waals surface area contributed by atoms with E-state index >= 15 is 0 Å². The summed E-state index contributed by atoms with van der Waals surface area (Å²) in [7, 11) is 2.92. The maximum absolute atomic E-state index is 11.8. The van der Waals surface area contributed by atoms with Crippen LogP contribution in [0, 0.1) is 5.92 Å². The molecule has 160 valence electrons. The van der Waals surface area contributed by atoms with Gasteiger partial charge in [0.05, 0.1) is 19.7 Å². The van der Waals surface area contributed by atoms with Crippen LogP contribution in [0.1, 0.15) is 19.3 Å². The van der Waals surface area contributed by atoms with Crippen molar-refractivity contribution in [2.45, 2.75) is 19.3 Å². The Labute approximate surface area is 172 Å². The van der Waals surface area contributed by atoms with Gasteiger partial charge < -0.3 is 14.4 Å². The minimum absolute atomic E-state index is 0.457. The molecule has 0 radical (unpaired) electrons. The van der Waals surface area contributed by atoms with Gasteiger partial charge in [-0.1, -0.05) is 0 Å². The fraction of sp³-hybridized carbons (Fsp3) is 0.579. The Bertz CT molecular complexity index is 943. The number of rotatable bonds is 8. The van der Waals surface area contributed by atoms with E-state index in [1.165, 1.54) is 18.4 Å². The molecule has 0 spiro atoms. The zero-order valence-corrected chi connectivity index (χ0v) is 18.2. The molecular formula is C19H29N5O4S. The summed E-state index contributed by atoms with van der Waals surface area (Å²) in [6.45, 7) is 2.19. The fourth-order valence-corrected chi connectivity index (χ4v) is 4.21. The highest BCUT2D eigenvalue weighted by Crippen LogP contribution is 2.35. The molecular weight excluding hydrogens is 394 g/mol. The maximum atomic E-state index is 11.8. The average molecular weight is 424 g/mol. The summed E-state index contributed by atoms with van der Waals surface area (Å²) in [5.74, 6) is 2.67. The van der Waals surface area contributed by atoms with Crippen molar-refractivity contribution in [3.63, 3.8) is 0 Å². The van der Waals surface area contributed by atoms with Crippen LogP contribution in [0.4, 0.5) is 5.82 Å². The summed E-state index contributed by atoms with van der Waals surface area (Å²) in [4.78, 5) is 11.2. The molecule has 0 aliphatic carbocycles. The molecule has 10 heteroatoms. The van der Waals surface area contributed by atoms with Crippen LogP contribution in [-0.2, 0) is 10.2 Å². The van der Waals surface area contributed by atoms with Gasteiger partial charge in [-0.2, -0.15) is 12.7 Å². The Balaban J connectivity index is 1.66. The Kier molecular flexibility index (Phi) is 6.76. The first-order chi connectivity index (χ1) is 13.9. The van der Waals surface area contributed by atoms with Crippen molar-refractivity contribution in [1.29, 1.82) is 0 Å². The number of anilines is 1. The van der Waals surface area contributed by atoms with Gasteiger partial charge in [-0.3, -0.25) is 0 Å². The van der Waals surface area contributed by atoms with Gasteiger partial charge in [0, 0.05) is 45.2 Å². The Morgan fingerprint density at radius 3 is 2.41 bits per heavy atom. The normalized spacial score (nSPS) is 15.8. The van der Waals surface area contributed by atoms with Gasteiger partial charge >= 0.3 is 0 Å². The van der Waals surface area contributed by atoms with E-state index in [2.05, 4.69) is 19.6 Å². The van der Waals surface area contributed by atoms with E-state index in [1.807, 2.05) is 12.1 Å². The maximum Gasteiger partial charge on any atom is 0.278 e. The lowest BCUT2D eigenvalue weighted by molar-refractivity contribution is 0.355. The third-order valence-corrected chi connectivity index (χ3v) is 6.88. The highest BCUT2D eigenvalue weighted by atomic mass is 32.2. The zero-order valence-electron chi connectivity index (χ0n) is 17.4. The van der Waals surface area contributed by atoms with Crippen LogP contribution in [0.2, 0.25) is 0 Å². The molecule has 1 aromatic carbocycles. The van der Waals surface area contributed by atoms with Crippen LogP contribution in [0.25, 0.3) is 10.9 Å². The molecule has 9 nitrogen and oxygen atoms in total. The summed E-state index contributed by atoms with van der Waals surface area (Å²) in [5, 5.41) is 0.933. The van der Waals surface area contributed by atoms with E-state index in [-0.39, 0.29) is 0 Å². The van der Waals surface area contributed by atoms with Crippen molar-refractivity contribution < 1.29 is 17.9 Å². The standard InChI is InChI=1S/C19H29N5O4S/c1-23(2)29(25,26)22-8-5-14-6-9-24(10-7-14)19-15-11-17(27-3)18(28-4)12-16(15)20-13-21-19/h11-14,22H,5-10H2,1-4H3. The predicted molar refractivity (Wildman–Crippen MR) is 113 cm³/mol. The molecule has 3 rings (SSSR count). The number of methoxy groups -OCH3 is 2. The molecule has 0 unspecified atom stereocenters. The summed E-state index contributed by atoms with van der Waals surface area (Å²) in [5.41, 5.74) is 0.813. The van der Waals surface area contributed by atoms with Gasteiger partial charge in [0.2, 0.25) is 0 Å². The van der Waals surface area contributed by atoms with Gasteiger partial charge in [0.15, 0.2) is 11.5 Å². The first-order valence-electron chi connectivity index (χ1n) is 9.64. The minimum Gasteiger partial charge on any atom is -0.493 e. The Morgan fingerprint density at radius 1 is 1.14 bits per heavy atom. The fourth-order valence-electron chi connectivity index (χ4n) is 3.58. The molecule has 2 aromatic rings. The molecule has 2 heterocycles. The molecule has 0 bridgehead atoms. The van der Waals surface area contributed by atoms with E-state index in [0.29, 0.717) is 24.0 Å². The molecule has 1 fully saturated rings. The number of benzene rings is 1. The number of ether oxygens (including phenoxy) is 2. The summed E-state index contributed by atoms with van der Waals surface area (Å²) in [6.07, 6.45) is 4.38.